The molecule has 0 radical (unpaired) electrons. The zero-order chi connectivity index (χ0) is 13.0. The molecule has 2 fully saturated rings. The maximum atomic E-state index is 2.76. The molecule has 0 aromatic rings. The Hall–Kier alpha value is -0.0800. The zero-order valence-corrected chi connectivity index (χ0v) is 12.7. The quantitative estimate of drug-likeness (QED) is 0.740. The molecule has 0 N–H and O–H groups in total. The van der Waals surface area contributed by atoms with E-state index in [1.807, 2.05) is 0 Å². The fraction of sp³-hybridized carbons (Fsp3) is 1.00. The van der Waals surface area contributed by atoms with E-state index in [0.717, 1.165) is 18.0 Å². The van der Waals surface area contributed by atoms with Crippen LogP contribution in [-0.4, -0.2) is 48.1 Å². The lowest BCUT2D eigenvalue weighted by atomic mass is 9.97. The second-order valence-corrected chi connectivity index (χ2v) is 6.85. The Kier molecular flexibility index (Phi) is 5.50. The molecule has 2 heterocycles. The molecule has 0 spiro atoms. The smallest absolute Gasteiger partial charge is 0.0223 e. The van der Waals surface area contributed by atoms with Crippen LogP contribution in [-0.2, 0) is 0 Å². The summed E-state index contributed by atoms with van der Waals surface area (Å²) >= 11 is 0. The normalized spacial score (nSPS) is 28.3. The van der Waals surface area contributed by atoms with Crippen molar-refractivity contribution < 1.29 is 0 Å². The Morgan fingerprint density at radius 1 is 1.00 bits per heavy atom. The first kappa shape index (κ1) is 14.3. The lowest BCUT2D eigenvalue weighted by Crippen LogP contribution is -2.56. The summed E-state index contributed by atoms with van der Waals surface area (Å²) in [5.74, 6) is 0.868. The fourth-order valence-electron chi connectivity index (χ4n) is 3.58. The highest BCUT2D eigenvalue weighted by Crippen LogP contribution is 2.23. The molecule has 106 valence electrons. The van der Waals surface area contributed by atoms with Gasteiger partial charge in [-0.3, -0.25) is 9.80 Å². The van der Waals surface area contributed by atoms with Gasteiger partial charge in [-0.25, -0.2) is 0 Å². The molecule has 0 amide bonds. The first-order chi connectivity index (χ1) is 8.66. The highest BCUT2D eigenvalue weighted by atomic mass is 15.3. The highest BCUT2D eigenvalue weighted by molar-refractivity contribution is 4.86. The van der Waals surface area contributed by atoms with Gasteiger partial charge in [0.25, 0.3) is 0 Å². The van der Waals surface area contributed by atoms with Crippen LogP contribution in [0, 0.1) is 5.92 Å². The summed E-state index contributed by atoms with van der Waals surface area (Å²) in [5.41, 5.74) is 0. The summed E-state index contributed by atoms with van der Waals surface area (Å²) < 4.78 is 0. The average molecular weight is 252 g/mol. The van der Waals surface area contributed by atoms with E-state index >= 15 is 0 Å². The van der Waals surface area contributed by atoms with Crippen LogP contribution in [0.2, 0.25) is 0 Å². The van der Waals surface area contributed by atoms with E-state index in [4.69, 9.17) is 0 Å². The third-order valence-electron chi connectivity index (χ3n) is 4.90. The summed E-state index contributed by atoms with van der Waals surface area (Å²) in [6, 6.07) is 1.67. The average Bonchev–Trinajstić information content (AvgIpc) is 2.37. The molecule has 0 aliphatic carbocycles. The minimum absolute atomic E-state index is 0.799. The number of hydrogen-bond acceptors (Lipinski definition) is 2. The Bertz CT molecular complexity index is 239. The van der Waals surface area contributed by atoms with Gasteiger partial charge in [0.05, 0.1) is 0 Å². The van der Waals surface area contributed by atoms with Gasteiger partial charge in [0.15, 0.2) is 0 Å². The maximum absolute atomic E-state index is 2.76. The SMILES string of the molecule is CC(C)CCCC(C)N1CCN2CCCCC2C1. The third kappa shape index (κ3) is 3.96. The van der Waals surface area contributed by atoms with Crippen LogP contribution in [0.5, 0.6) is 0 Å². The minimum atomic E-state index is 0.799. The van der Waals surface area contributed by atoms with E-state index in [1.165, 1.54) is 64.7 Å². The van der Waals surface area contributed by atoms with E-state index in [0.29, 0.717) is 0 Å². The minimum Gasteiger partial charge on any atom is -0.298 e. The predicted octanol–water partition coefficient (Wildman–Crippen LogP) is 3.37. The van der Waals surface area contributed by atoms with E-state index in [1.54, 1.807) is 0 Å². The van der Waals surface area contributed by atoms with E-state index in [-0.39, 0.29) is 0 Å². The summed E-state index contributed by atoms with van der Waals surface area (Å²) in [5, 5.41) is 0. The second kappa shape index (κ2) is 6.91. The molecular formula is C16H32N2. The molecule has 0 saturated carbocycles. The molecule has 2 aliphatic heterocycles. The second-order valence-electron chi connectivity index (χ2n) is 6.85. The fourth-order valence-corrected chi connectivity index (χ4v) is 3.58. The van der Waals surface area contributed by atoms with E-state index in [9.17, 15) is 0 Å². The Balaban J connectivity index is 1.72. The molecule has 0 bridgehead atoms. The standard InChI is InChI=1S/C16H32N2/c1-14(2)7-6-8-15(3)18-12-11-17-10-5-4-9-16(17)13-18/h14-16H,4-13H2,1-3H3. The molecular weight excluding hydrogens is 220 g/mol. The maximum Gasteiger partial charge on any atom is 0.0223 e. The van der Waals surface area contributed by atoms with Crippen molar-refractivity contribution in [2.75, 3.05) is 26.2 Å². The Labute approximate surface area is 114 Å². The lowest BCUT2D eigenvalue weighted by molar-refractivity contribution is 0.0287. The van der Waals surface area contributed by atoms with Gasteiger partial charge in [0.1, 0.15) is 0 Å². The molecule has 2 atom stereocenters. The number of nitrogens with zero attached hydrogens (tertiary/aromatic N) is 2. The first-order valence-corrected chi connectivity index (χ1v) is 8.15. The van der Waals surface area contributed by atoms with Crippen molar-refractivity contribution >= 4 is 0 Å². The van der Waals surface area contributed by atoms with Gasteiger partial charge >= 0.3 is 0 Å². The van der Waals surface area contributed by atoms with Crippen molar-refractivity contribution in [2.24, 2.45) is 5.92 Å². The van der Waals surface area contributed by atoms with E-state index in [2.05, 4.69) is 30.6 Å². The molecule has 2 nitrogen and oxygen atoms in total. The summed E-state index contributed by atoms with van der Waals surface area (Å²) in [6.07, 6.45) is 8.52. The third-order valence-corrected chi connectivity index (χ3v) is 4.90. The summed E-state index contributed by atoms with van der Waals surface area (Å²) in [6.45, 7) is 12.4. The number of hydrogen-bond donors (Lipinski definition) is 0. The van der Waals surface area contributed by atoms with Crippen LogP contribution in [0.3, 0.4) is 0 Å². The van der Waals surface area contributed by atoms with Crippen molar-refractivity contribution in [1.82, 2.24) is 9.80 Å². The molecule has 2 saturated heterocycles. The predicted molar refractivity (Wildman–Crippen MR) is 78.9 cm³/mol. The van der Waals surface area contributed by atoms with Gasteiger partial charge in [-0.15, -0.1) is 0 Å². The van der Waals surface area contributed by atoms with Crippen LogP contribution in [0.15, 0.2) is 0 Å². The molecule has 2 heteroatoms. The highest BCUT2D eigenvalue weighted by Gasteiger charge is 2.30. The largest absolute Gasteiger partial charge is 0.298 e. The number of piperazine rings is 1. The van der Waals surface area contributed by atoms with Crippen molar-refractivity contribution in [3.63, 3.8) is 0 Å². The van der Waals surface area contributed by atoms with Gasteiger partial charge in [-0.1, -0.05) is 33.1 Å². The van der Waals surface area contributed by atoms with Gasteiger partial charge in [0.2, 0.25) is 0 Å². The van der Waals surface area contributed by atoms with Crippen molar-refractivity contribution in [3.05, 3.63) is 0 Å². The van der Waals surface area contributed by atoms with Gasteiger partial charge in [-0.05, 0) is 38.6 Å². The molecule has 2 unspecified atom stereocenters. The van der Waals surface area contributed by atoms with Crippen molar-refractivity contribution in [1.29, 1.82) is 0 Å². The van der Waals surface area contributed by atoms with Crippen molar-refractivity contribution in [3.8, 4) is 0 Å². The van der Waals surface area contributed by atoms with Gasteiger partial charge < -0.3 is 0 Å². The molecule has 18 heavy (non-hydrogen) atoms. The van der Waals surface area contributed by atoms with Gasteiger partial charge in [0, 0.05) is 31.7 Å². The van der Waals surface area contributed by atoms with Crippen LogP contribution in [0.4, 0.5) is 0 Å². The van der Waals surface area contributed by atoms with Crippen LogP contribution in [0.1, 0.15) is 59.3 Å². The number of fused-ring (bicyclic) bond motifs is 1. The summed E-state index contributed by atoms with van der Waals surface area (Å²) in [4.78, 5) is 5.49. The number of rotatable bonds is 5. The topological polar surface area (TPSA) is 6.48 Å². The molecule has 2 aliphatic rings. The molecule has 0 aromatic heterocycles. The molecule has 0 aromatic carbocycles. The number of piperidine rings is 1. The van der Waals surface area contributed by atoms with Crippen LogP contribution in [0.25, 0.3) is 0 Å². The Morgan fingerprint density at radius 2 is 1.83 bits per heavy atom. The monoisotopic (exact) mass is 252 g/mol. The first-order valence-electron chi connectivity index (χ1n) is 8.15. The zero-order valence-electron chi connectivity index (χ0n) is 12.7. The van der Waals surface area contributed by atoms with Crippen molar-refractivity contribution in [2.45, 2.75) is 71.4 Å². The van der Waals surface area contributed by atoms with Crippen LogP contribution < -0.4 is 0 Å². The van der Waals surface area contributed by atoms with Crippen LogP contribution >= 0.6 is 0 Å². The van der Waals surface area contributed by atoms with Gasteiger partial charge in [-0.2, -0.15) is 0 Å². The molecule has 2 rings (SSSR count). The van der Waals surface area contributed by atoms with E-state index < -0.39 is 0 Å². The summed E-state index contributed by atoms with van der Waals surface area (Å²) in [7, 11) is 0. The lowest BCUT2D eigenvalue weighted by Gasteiger charge is -2.46. The Morgan fingerprint density at radius 3 is 2.61 bits per heavy atom.